The highest BCUT2D eigenvalue weighted by Gasteiger charge is 2.12. The molecule has 128 valence electrons. The second kappa shape index (κ2) is 7.45. The number of nitrogens with one attached hydrogen (secondary N) is 1. The van der Waals surface area contributed by atoms with E-state index in [0.717, 1.165) is 33.3 Å². The van der Waals surface area contributed by atoms with E-state index in [1.54, 1.807) is 11.3 Å². The van der Waals surface area contributed by atoms with Crippen molar-refractivity contribution in [2.45, 2.75) is 17.2 Å². The second-order valence-corrected chi connectivity index (χ2v) is 8.28. The fourth-order valence-electron chi connectivity index (χ4n) is 2.97. The lowest BCUT2D eigenvalue weighted by molar-refractivity contribution is -0.113. The van der Waals surface area contributed by atoms with Crippen LogP contribution in [-0.2, 0) is 4.79 Å². The first-order valence-electron chi connectivity index (χ1n) is 8.41. The molecule has 0 bridgehead atoms. The number of carbonyl (C=O) groups excluding carboxylic acids is 1. The van der Waals surface area contributed by atoms with Gasteiger partial charge in [-0.15, -0.1) is 11.3 Å². The number of amides is 1. The van der Waals surface area contributed by atoms with Crippen LogP contribution in [0.1, 0.15) is 12.8 Å². The van der Waals surface area contributed by atoms with Crippen molar-refractivity contribution in [1.29, 1.82) is 0 Å². The molecule has 0 aliphatic carbocycles. The van der Waals surface area contributed by atoms with Crippen LogP contribution in [0.25, 0.3) is 10.2 Å². The molecule has 1 saturated heterocycles. The van der Waals surface area contributed by atoms with Gasteiger partial charge in [0.15, 0.2) is 4.34 Å². The number of carbonyl (C=O) groups is 1. The van der Waals surface area contributed by atoms with Gasteiger partial charge in [-0.05, 0) is 49.2 Å². The Morgan fingerprint density at radius 1 is 1.12 bits per heavy atom. The molecule has 1 aromatic heterocycles. The van der Waals surface area contributed by atoms with Gasteiger partial charge in [0.05, 0.1) is 16.0 Å². The standard InChI is InChI=1S/C19H19N3OS2/c23-18(13-24-19-21-16-5-1-2-6-17(16)25-19)20-14-7-9-15(10-8-14)22-11-3-4-12-22/h1-2,5-10H,3-4,11-13H2,(H,20,23). The van der Waals surface area contributed by atoms with Gasteiger partial charge < -0.3 is 10.2 Å². The Labute approximate surface area is 155 Å². The topological polar surface area (TPSA) is 45.2 Å². The van der Waals surface area contributed by atoms with E-state index in [1.165, 1.54) is 30.3 Å². The zero-order valence-electron chi connectivity index (χ0n) is 13.8. The van der Waals surface area contributed by atoms with Gasteiger partial charge in [0.2, 0.25) is 5.91 Å². The molecular weight excluding hydrogens is 350 g/mol. The summed E-state index contributed by atoms with van der Waals surface area (Å²) in [5.41, 5.74) is 3.07. The molecule has 0 unspecified atom stereocenters. The number of nitrogens with zero attached hydrogens (tertiary/aromatic N) is 2. The molecule has 0 spiro atoms. The van der Waals surface area contributed by atoms with Crippen LogP contribution in [-0.4, -0.2) is 29.7 Å². The lowest BCUT2D eigenvalue weighted by Gasteiger charge is -2.17. The first-order valence-corrected chi connectivity index (χ1v) is 10.2. The van der Waals surface area contributed by atoms with Crippen LogP contribution in [0.4, 0.5) is 11.4 Å². The number of thiazole rings is 1. The van der Waals surface area contributed by atoms with Crippen LogP contribution >= 0.6 is 23.1 Å². The monoisotopic (exact) mass is 369 g/mol. The van der Waals surface area contributed by atoms with Gasteiger partial charge in [-0.1, -0.05) is 23.9 Å². The van der Waals surface area contributed by atoms with Crippen LogP contribution in [0.5, 0.6) is 0 Å². The van der Waals surface area contributed by atoms with Crippen molar-refractivity contribution >= 4 is 50.6 Å². The number of aromatic nitrogens is 1. The van der Waals surface area contributed by atoms with E-state index in [-0.39, 0.29) is 5.91 Å². The van der Waals surface area contributed by atoms with E-state index in [0.29, 0.717) is 5.75 Å². The summed E-state index contributed by atoms with van der Waals surface area (Å²) in [6.07, 6.45) is 2.53. The minimum Gasteiger partial charge on any atom is -0.372 e. The van der Waals surface area contributed by atoms with E-state index in [4.69, 9.17) is 0 Å². The Bertz CT molecular complexity index is 837. The molecule has 6 heteroatoms. The minimum atomic E-state index is -0.00169. The molecule has 4 nitrogen and oxygen atoms in total. The molecule has 3 aromatic rings. The Kier molecular flexibility index (Phi) is 4.90. The zero-order valence-corrected chi connectivity index (χ0v) is 15.4. The summed E-state index contributed by atoms with van der Waals surface area (Å²) < 4.78 is 2.09. The van der Waals surface area contributed by atoms with E-state index in [9.17, 15) is 4.79 Å². The third kappa shape index (κ3) is 3.96. The van der Waals surface area contributed by atoms with Gasteiger partial charge in [-0.25, -0.2) is 4.98 Å². The Balaban J connectivity index is 1.32. The maximum atomic E-state index is 12.2. The Hall–Kier alpha value is -2.05. The predicted octanol–water partition coefficient (Wildman–Crippen LogP) is 4.63. The van der Waals surface area contributed by atoms with E-state index >= 15 is 0 Å². The molecule has 0 atom stereocenters. The highest BCUT2D eigenvalue weighted by Crippen LogP contribution is 2.29. The summed E-state index contributed by atoms with van der Waals surface area (Å²) >= 11 is 3.11. The summed E-state index contributed by atoms with van der Waals surface area (Å²) in [4.78, 5) is 19.1. The number of thioether (sulfide) groups is 1. The maximum absolute atomic E-state index is 12.2. The lowest BCUT2D eigenvalue weighted by atomic mass is 10.2. The first kappa shape index (κ1) is 16.4. The fraction of sp³-hybridized carbons (Fsp3) is 0.263. The quantitative estimate of drug-likeness (QED) is 0.666. The van der Waals surface area contributed by atoms with Crippen molar-refractivity contribution < 1.29 is 4.79 Å². The van der Waals surface area contributed by atoms with Gasteiger partial charge in [-0.3, -0.25) is 4.79 Å². The third-order valence-electron chi connectivity index (χ3n) is 4.22. The first-order chi connectivity index (χ1) is 12.3. The molecule has 0 radical (unpaired) electrons. The van der Waals surface area contributed by atoms with Gasteiger partial charge in [-0.2, -0.15) is 0 Å². The van der Waals surface area contributed by atoms with Gasteiger partial charge in [0.25, 0.3) is 0 Å². The second-order valence-electron chi connectivity index (χ2n) is 6.03. The molecule has 4 rings (SSSR count). The van der Waals surface area contributed by atoms with Crippen molar-refractivity contribution in [2.24, 2.45) is 0 Å². The number of anilines is 2. The smallest absolute Gasteiger partial charge is 0.234 e. The SMILES string of the molecule is O=C(CSc1nc2ccccc2s1)Nc1ccc(N2CCCC2)cc1. The summed E-state index contributed by atoms with van der Waals surface area (Å²) in [6, 6.07) is 16.2. The van der Waals surface area contributed by atoms with Gasteiger partial charge >= 0.3 is 0 Å². The number of benzene rings is 2. The van der Waals surface area contributed by atoms with Crippen LogP contribution < -0.4 is 10.2 Å². The number of rotatable bonds is 5. The average Bonchev–Trinajstić information content (AvgIpc) is 3.30. The van der Waals surface area contributed by atoms with Crippen molar-refractivity contribution in [2.75, 3.05) is 29.1 Å². The molecule has 25 heavy (non-hydrogen) atoms. The number of hydrogen-bond donors (Lipinski definition) is 1. The van der Waals surface area contributed by atoms with Gasteiger partial charge in [0, 0.05) is 24.5 Å². The molecule has 2 heterocycles. The predicted molar refractivity (Wildman–Crippen MR) is 107 cm³/mol. The average molecular weight is 370 g/mol. The largest absolute Gasteiger partial charge is 0.372 e. The summed E-state index contributed by atoms with van der Waals surface area (Å²) in [5, 5.41) is 2.96. The number of fused-ring (bicyclic) bond motifs is 1. The maximum Gasteiger partial charge on any atom is 0.234 e. The number of para-hydroxylation sites is 1. The summed E-state index contributed by atoms with van der Waals surface area (Å²) in [6.45, 7) is 2.26. The van der Waals surface area contributed by atoms with E-state index < -0.39 is 0 Å². The molecular formula is C19H19N3OS2. The normalized spacial score (nSPS) is 14.2. The van der Waals surface area contributed by atoms with Crippen LogP contribution in [0.15, 0.2) is 52.9 Å². The number of hydrogen-bond acceptors (Lipinski definition) is 5. The lowest BCUT2D eigenvalue weighted by Crippen LogP contribution is -2.18. The summed E-state index contributed by atoms with van der Waals surface area (Å²) in [5.74, 6) is 0.367. The van der Waals surface area contributed by atoms with E-state index in [2.05, 4.69) is 33.4 Å². The summed E-state index contributed by atoms with van der Waals surface area (Å²) in [7, 11) is 0. The van der Waals surface area contributed by atoms with Crippen molar-refractivity contribution in [3.05, 3.63) is 48.5 Å². The Morgan fingerprint density at radius 3 is 2.64 bits per heavy atom. The van der Waals surface area contributed by atoms with Crippen LogP contribution in [0.2, 0.25) is 0 Å². The fourth-order valence-corrected chi connectivity index (χ4v) is 4.84. The van der Waals surface area contributed by atoms with Crippen molar-refractivity contribution in [3.8, 4) is 0 Å². The molecule has 2 aromatic carbocycles. The molecule has 1 fully saturated rings. The highest BCUT2D eigenvalue weighted by atomic mass is 32.2. The Morgan fingerprint density at radius 2 is 1.88 bits per heavy atom. The zero-order chi connectivity index (χ0) is 17.1. The molecule has 1 N–H and O–H groups in total. The van der Waals surface area contributed by atoms with Crippen LogP contribution in [0, 0.1) is 0 Å². The van der Waals surface area contributed by atoms with Crippen molar-refractivity contribution in [3.63, 3.8) is 0 Å². The minimum absolute atomic E-state index is 0.00169. The highest BCUT2D eigenvalue weighted by molar-refractivity contribution is 8.01. The van der Waals surface area contributed by atoms with Gasteiger partial charge in [0.1, 0.15) is 0 Å². The molecule has 0 saturated carbocycles. The molecule has 1 amide bonds. The molecule has 1 aliphatic heterocycles. The van der Waals surface area contributed by atoms with E-state index in [1.807, 2.05) is 30.3 Å². The van der Waals surface area contributed by atoms with Crippen molar-refractivity contribution in [1.82, 2.24) is 4.98 Å². The third-order valence-corrected chi connectivity index (χ3v) is 6.40. The molecule has 1 aliphatic rings. The van der Waals surface area contributed by atoms with Crippen LogP contribution in [0.3, 0.4) is 0 Å².